The van der Waals surface area contributed by atoms with E-state index in [9.17, 15) is 4.79 Å². The molecule has 1 aromatic carbocycles. The quantitative estimate of drug-likeness (QED) is 0.669. The van der Waals surface area contributed by atoms with Gasteiger partial charge in [-0.15, -0.1) is 0 Å². The monoisotopic (exact) mass is 406 g/mol. The van der Waals surface area contributed by atoms with Gasteiger partial charge in [0.15, 0.2) is 0 Å². The van der Waals surface area contributed by atoms with Crippen LogP contribution in [0.25, 0.3) is 22.6 Å². The lowest BCUT2D eigenvalue weighted by Crippen LogP contribution is -2.40. The maximum atomic E-state index is 13.0. The summed E-state index contributed by atoms with van der Waals surface area (Å²) >= 11 is 0. The molecule has 0 unspecified atom stereocenters. The number of carbonyl (C=O) groups excluding carboxylic acids is 1. The van der Waals surface area contributed by atoms with Crippen LogP contribution in [0.2, 0.25) is 0 Å². The van der Waals surface area contributed by atoms with Gasteiger partial charge in [-0.3, -0.25) is 9.48 Å². The Bertz CT molecular complexity index is 1040. The van der Waals surface area contributed by atoms with Gasteiger partial charge in [-0.2, -0.15) is 5.10 Å². The number of rotatable bonds is 4. The molecule has 158 valence electrons. The zero-order chi connectivity index (χ0) is 22.1. The number of hydrogen-bond acceptors (Lipinski definition) is 4. The number of pyridine rings is 1. The van der Waals surface area contributed by atoms with E-state index in [1.807, 2.05) is 67.9 Å². The second-order valence-corrected chi connectivity index (χ2v) is 9.36. The predicted octanol–water partition coefficient (Wildman–Crippen LogP) is 4.90. The molecular weight excluding hydrogens is 376 g/mol. The van der Waals surface area contributed by atoms with Crippen LogP contribution in [-0.2, 0) is 5.54 Å². The summed E-state index contributed by atoms with van der Waals surface area (Å²) in [6.45, 7) is 12.2. The highest BCUT2D eigenvalue weighted by Gasteiger charge is 2.22. The van der Waals surface area contributed by atoms with Crippen molar-refractivity contribution < 1.29 is 9.53 Å². The Morgan fingerprint density at radius 1 is 0.967 bits per heavy atom. The van der Waals surface area contributed by atoms with Gasteiger partial charge in [-0.1, -0.05) is 0 Å². The van der Waals surface area contributed by atoms with Crippen LogP contribution in [0.3, 0.4) is 0 Å². The summed E-state index contributed by atoms with van der Waals surface area (Å²) in [7, 11) is 1.64. The van der Waals surface area contributed by atoms with Gasteiger partial charge in [0.25, 0.3) is 5.91 Å². The van der Waals surface area contributed by atoms with Crippen LogP contribution in [0, 0.1) is 0 Å². The second-order valence-electron chi connectivity index (χ2n) is 9.36. The molecule has 0 radical (unpaired) electrons. The molecule has 30 heavy (non-hydrogen) atoms. The van der Waals surface area contributed by atoms with E-state index in [0.29, 0.717) is 11.3 Å². The SMILES string of the molecule is COc1ccc(-c2cc(C(=O)NC(C)(C)C)cc(-c3ccnn3C(C)(C)C)n2)cc1. The molecule has 1 amide bonds. The van der Waals surface area contributed by atoms with E-state index < -0.39 is 0 Å². The minimum absolute atomic E-state index is 0.136. The van der Waals surface area contributed by atoms with Crippen molar-refractivity contribution in [3.8, 4) is 28.4 Å². The average molecular weight is 407 g/mol. The summed E-state index contributed by atoms with van der Waals surface area (Å²) in [6.07, 6.45) is 1.76. The minimum Gasteiger partial charge on any atom is -0.497 e. The van der Waals surface area contributed by atoms with Crippen molar-refractivity contribution in [1.82, 2.24) is 20.1 Å². The Labute approximate surface area is 178 Å². The van der Waals surface area contributed by atoms with Gasteiger partial charge in [0.2, 0.25) is 0 Å². The lowest BCUT2D eigenvalue weighted by Gasteiger charge is -2.23. The van der Waals surface area contributed by atoms with E-state index in [1.165, 1.54) is 0 Å². The maximum absolute atomic E-state index is 13.0. The normalized spacial score (nSPS) is 12.0. The number of nitrogens with one attached hydrogen (secondary N) is 1. The summed E-state index contributed by atoms with van der Waals surface area (Å²) in [4.78, 5) is 17.8. The predicted molar refractivity (Wildman–Crippen MR) is 120 cm³/mol. The minimum atomic E-state index is -0.339. The molecule has 0 atom stereocenters. The third kappa shape index (κ3) is 4.87. The van der Waals surface area contributed by atoms with Gasteiger partial charge < -0.3 is 10.1 Å². The smallest absolute Gasteiger partial charge is 0.251 e. The molecule has 0 spiro atoms. The molecule has 3 aromatic rings. The molecule has 0 saturated heterocycles. The van der Waals surface area contributed by atoms with Crippen LogP contribution in [0.1, 0.15) is 51.9 Å². The average Bonchev–Trinajstić information content (AvgIpc) is 3.17. The lowest BCUT2D eigenvalue weighted by atomic mass is 10.0. The van der Waals surface area contributed by atoms with Crippen LogP contribution >= 0.6 is 0 Å². The Morgan fingerprint density at radius 3 is 2.17 bits per heavy atom. The van der Waals surface area contributed by atoms with Gasteiger partial charge in [0, 0.05) is 22.9 Å². The van der Waals surface area contributed by atoms with Crippen LogP contribution in [0.4, 0.5) is 0 Å². The molecule has 0 aliphatic rings. The molecule has 6 nitrogen and oxygen atoms in total. The zero-order valence-corrected chi connectivity index (χ0v) is 18.8. The Balaban J connectivity index is 2.16. The van der Waals surface area contributed by atoms with Gasteiger partial charge in [0.05, 0.1) is 29.7 Å². The van der Waals surface area contributed by atoms with E-state index in [0.717, 1.165) is 22.7 Å². The number of nitrogens with zero attached hydrogens (tertiary/aromatic N) is 3. The topological polar surface area (TPSA) is 69.0 Å². The first-order valence-corrected chi connectivity index (χ1v) is 10.0. The van der Waals surface area contributed by atoms with Crippen LogP contribution in [0.15, 0.2) is 48.7 Å². The maximum Gasteiger partial charge on any atom is 0.251 e. The fourth-order valence-corrected chi connectivity index (χ4v) is 3.15. The highest BCUT2D eigenvalue weighted by Crippen LogP contribution is 2.29. The highest BCUT2D eigenvalue weighted by molar-refractivity contribution is 5.96. The van der Waals surface area contributed by atoms with E-state index in [2.05, 4.69) is 31.2 Å². The number of aromatic nitrogens is 3. The Hall–Kier alpha value is -3.15. The van der Waals surface area contributed by atoms with E-state index >= 15 is 0 Å². The van der Waals surface area contributed by atoms with Crippen LogP contribution in [-0.4, -0.2) is 33.3 Å². The van der Waals surface area contributed by atoms with Crippen molar-refractivity contribution in [2.24, 2.45) is 0 Å². The van der Waals surface area contributed by atoms with E-state index in [1.54, 1.807) is 13.3 Å². The first kappa shape index (κ1) is 21.6. The molecule has 1 N–H and O–H groups in total. The zero-order valence-electron chi connectivity index (χ0n) is 18.8. The number of carbonyl (C=O) groups is 1. The van der Waals surface area contributed by atoms with Gasteiger partial charge in [-0.05, 0) is 84.0 Å². The van der Waals surface area contributed by atoms with Gasteiger partial charge >= 0.3 is 0 Å². The first-order chi connectivity index (χ1) is 14.0. The summed E-state index contributed by atoms with van der Waals surface area (Å²) in [5.74, 6) is 0.633. The summed E-state index contributed by atoms with van der Waals surface area (Å²) in [5.41, 5.74) is 3.19. The van der Waals surface area contributed by atoms with Crippen molar-refractivity contribution in [3.63, 3.8) is 0 Å². The molecule has 2 aromatic heterocycles. The summed E-state index contributed by atoms with van der Waals surface area (Å²) in [5, 5.41) is 7.52. The standard InChI is InChI=1S/C24H30N4O2/c1-23(2,3)27-22(29)17-14-19(16-8-10-18(30-7)11-9-16)26-20(15-17)21-12-13-25-28(21)24(4,5)6/h8-15H,1-7H3,(H,27,29). The largest absolute Gasteiger partial charge is 0.497 e. The molecule has 0 bridgehead atoms. The Kier molecular flexibility index (Phi) is 5.70. The third-order valence-electron chi connectivity index (χ3n) is 4.50. The fourth-order valence-electron chi connectivity index (χ4n) is 3.15. The molecule has 6 heteroatoms. The molecule has 2 heterocycles. The van der Waals surface area contributed by atoms with Crippen molar-refractivity contribution in [1.29, 1.82) is 0 Å². The molecular formula is C24H30N4O2. The van der Waals surface area contributed by atoms with Crippen molar-refractivity contribution in [3.05, 3.63) is 54.2 Å². The van der Waals surface area contributed by atoms with Gasteiger partial charge in [-0.25, -0.2) is 4.98 Å². The molecule has 0 aliphatic heterocycles. The van der Waals surface area contributed by atoms with Crippen LogP contribution in [0.5, 0.6) is 5.75 Å². The fraction of sp³-hybridized carbons (Fsp3) is 0.375. The Morgan fingerprint density at radius 2 is 1.60 bits per heavy atom. The lowest BCUT2D eigenvalue weighted by molar-refractivity contribution is 0.0919. The number of hydrogen-bond donors (Lipinski definition) is 1. The first-order valence-electron chi connectivity index (χ1n) is 10.0. The number of amides is 1. The van der Waals surface area contributed by atoms with E-state index in [4.69, 9.17) is 9.72 Å². The van der Waals surface area contributed by atoms with Gasteiger partial charge in [0.1, 0.15) is 5.75 Å². The second kappa shape index (κ2) is 7.94. The number of benzene rings is 1. The molecule has 3 rings (SSSR count). The number of ether oxygens (including phenoxy) is 1. The molecule has 0 saturated carbocycles. The molecule has 0 aliphatic carbocycles. The highest BCUT2D eigenvalue weighted by atomic mass is 16.5. The van der Waals surface area contributed by atoms with E-state index in [-0.39, 0.29) is 17.0 Å². The third-order valence-corrected chi connectivity index (χ3v) is 4.50. The van der Waals surface area contributed by atoms with Crippen molar-refractivity contribution in [2.45, 2.75) is 52.6 Å². The summed E-state index contributed by atoms with van der Waals surface area (Å²) in [6, 6.07) is 13.2. The van der Waals surface area contributed by atoms with Crippen LogP contribution < -0.4 is 10.1 Å². The van der Waals surface area contributed by atoms with Crippen molar-refractivity contribution in [2.75, 3.05) is 7.11 Å². The number of methoxy groups -OCH3 is 1. The summed E-state index contributed by atoms with van der Waals surface area (Å²) < 4.78 is 7.19. The molecule has 0 fully saturated rings. The van der Waals surface area contributed by atoms with Crippen molar-refractivity contribution >= 4 is 5.91 Å².